The molecule has 0 aliphatic carbocycles. The number of aromatic amines is 1. The van der Waals surface area contributed by atoms with Crippen LogP contribution in [0.5, 0.6) is 5.75 Å². The Morgan fingerprint density at radius 3 is 2.81 bits per heavy atom. The standard InChI is InChI=1S/C25H29N3O3S/c1-16-6-8-22(17(2)11-16)27-25(32)28(15-21-5-4-10-31-21)14-19-12-18-13-20(30-3)7-9-23(18)26-24(19)29/h6-9,11-13,21H,4-5,10,14-15H2,1-3H3,(H,26,29)(H,27,32)/t21-/m1/s1. The Hall–Kier alpha value is -2.90. The van der Waals surface area contributed by atoms with E-state index in [1.807, 2.05) is 35.2 Å². The summed E-state index contributed by atoms with van der Waals surface area (Å²) in [6.07, 6.45) is 2.15. The number of nitrogens with one attached hydrogen (secondary N) is 2. The predicted molar refractivity (Wildman–Crippen MR) is 133 cm³/mol. The highest BCUT2D eigenvalue weighted by Crippen LogP contribution is 2.22. The van der Waals surface area contributed by atoms with Crippen molar-refractivity contribution in [1.82, 2.24) is 9.88 Å². The monoisotopic (exact) mass is 451 g/mol. The Morgan fingerprint density at radius 2 is 2.09 bits per heavy atom. The first-order valence-corrected chi connectivity index (χ1v) is 11.3. The minimum Gasteiger partial charge on any atom is -0.497 e. The van der Waals surface area contributed by atoms with Crippen LogP contribution in [0.3, 0.4) is 0 Å². The van der Waals surface area contributed by atoms with Crippen LogP contribution < -0.4 is 15.6 Å². The number of hydrogen-bond donors (Lipinski definition) is 2. The fourth-order valence-corrected chi connectivity index (χ4v) is 4.33. The van der Waals surface area contributed by atoms with Crippen LogP contribution in [0.25, 0.3) is 10.9 Å². The van der Waals surface area contributed by atoms with E-state index in [0.29, 0.717) is 23.8 Å². The van der Waals surface area contributed by atoms with Crippen LogP contribution in [-0.4, -0.2) is 41.4 Å². The molecule has 0 bridgehead atoms. The number of methoxy groups -OCH3 is 1. The quantitative estimate of drug-likeness (QED) is 0.537. The van der Waals surface area contributed by atoms with Gasteiger partial charge in [-0.1, -0.05) is 17.7 Å². The van der Waals surface area contributed by atoms with E-state index in [4.69, 9.17) is 21.7 Å². The van der Waals surface area contributed by atoms with Crippen molar-refractivity contribution in [2.24, 2.45) is 0 Å². The lowest BCUT2D eigenvalue weighted by molar-refractivity contribution is 0.0904. The van der Waals surface area contributed by atoms with E-state index >= 15 is 0 Å². The molecule has 1 saturated heterocycles. The van der Waals surface area contributed by atoms with Crippen molar-refractivity contribution in [2.75, 3.05) is 25.6 Å². The summed E-state index contributed by atoms with van der Waals surface area (Å²) in [6.45, 7) is 5.92. The summed E-state index contributed by atoms with van der Waals surface area (Å²) in [7, 11) is 1.63. The second-order valence-electron chi connectivity index (χ2n) is 8.34. The highest BCUT2D eigenvalue weighted by atomic mass is 32.1. The van der Waals surface area contributed by atoms with Crippen LogP contribution in [0, 0.1) is 13.8 Å². The number of anilines is 1. The van der Waals surface area contributed by atoms with Crippen molar-refractivity contribution in [2.45, 2.75) is 39.3 Å². The van der Waals surface area contributed by atoms with Gasteiger partial charge in [-0.25, -0.2) is 0 Å². The zero-order valence-electron chi connectivity index (χ0n) is 18.7. The van der Waals surface area contributed by atoms with Crippen molar-refractivity contribution < 1.29 is 9.47 Å². The number of aromatic nitrogens is 1. The smallest absolute Gasteiger partial charge is 0.253 e. The number of hydrogen-bond acceptors (Lipinski definition) is 4. The molecule has 0 unspecified atom stereocenters. The number of benzene rings is 2. The van der Waals surface area contributed by atoms with Gasteiger partial charge >= 0.3 is 0 Å². The summed E-state index contributed by atoms with van der Waals surface area (Å²) in [6, 6.07) is 13.8. The van der Waals surface area contributed by atoms with Gasteiger partial charge in [-0.05, 0) is 74.8 Å². The van der Waals surface area contributed by atoms with Crippen LogP contribution in [0.2, 0.25) is 0 Å². The first-order chi connectivity index (χ1) is 15.4. The van der Waals surface area contributed by atoms with Gasteiger partial charge in [0.25, 0.3) is 5.56 Å². The van der Waals surface area contributed by atoms with Gasteiger partial charge in [-0.15, -0.1) is 0 Å². The van der Waals surface area contributed by atoms with Crippen molar-refractivity contribution in [3.05, 3.63) is 69.5 Å². The molecule has 7 heteroatoms. The second kappa shape index (κ2) is 9.71. The number of fused-ring (bicyclic) bond motifs is 1. The Kier molecular flexibility index (Phi) is 6.77. The molecule has 1 aromatic heterocycles. The minimum atomic E-state index is -0.116. The topological polar surface area (TPSA) is 66.6 Å². The summed E-state index contributed by atoms with van der Waals surface area (Å²) in [4.78, 5) is 17.8. The molecule has 0 amide bonds. The fourth-order valence-electron chi connectivity index (χ4n) is 4.08. The van der Waals surface area contributed by atoms with Gasteiger partial charge in [-0.2, -0.15) is 0 Å². The van der Waals surface area contributed by atoms with Crippen LogP contribution >= 0.6 is 12.2 Å². The van der Waals surface area contributed by atoms with E-state index < -0.39 is 0 Å². The maximum absolute atomic E-state index is 12.8. The molecule has 6 nitrogen and oxygen atoms in total. The lowest BCUT2D eigenvalue weighted by atomic mass is 10.1. The van der Waals surface area contributed by atoms with Gasteiger partial charge in [0.05, 0.1) is 19.8 Å². The number of nitrogens with zero attached hydrogens (tertiary/aromatic N) is 1. The Bertz CT molecular complexity index is 1180. The summed E-state index contributed by atoms with van der Waals surface area (Å²) >= 11 is 5.79. The molecule has 0 spiro atoms. The van der Waals surface area contributed by atoms with Gasteiger partial charge in [-0.3, -0.25) is 4.79 Å². The largest absolute Gasteiger partial charge is 0.497 e. The van der Waals surface area contributed by atoms with Crippen molar-refractivity contribution in [1.29, 1.82) is 0 Å². The molecule has 0 saturated carbocycles. The third kappa shape index (κ3) is 5.11. The number of H-pyrrole nitrogens is 1. The molecule has 1 atom stereocenters. The molecule has 1 aliphatic rings. The van der Waals surface area contributed by atoms with Crippen molar-refractivity contribution in [3.63, 3.8) is 0 Å². The van der Waals surface area contributed by atoms with Crippen molar-refractivity contribution in [3.8, 4) is 5.75 Å². The average Bonchev–Trinajstić information content (AvgIpc) is 3.28. The van der Waals surface area contributed by atoms with E-state index in [2.05, 4.69) is 36.3 Å². The number of rotatable bonds is 6. The van der Waals surface area contributed by atoms with E-state index in [-0.39, 0.29) is 11.7 Å². The van der Waals surface area contributed by atoms with Gasteiger partial charge < -0.3 is 24.7 Å². The normalized spacial score (nSPS) is 15.7. The molecular formula is C25H29N3O3S. The first-order valence-electron chi connectivity index (χ1n) is 10.9. The zero-order valence-corrected chi connectivity index (χ0v) is 19.6. The van der Waals surface area contributed by atoms with Crippen LogP contribution in [-0.2, 0) is 11.3 Å². The maximum atomic E-state index is 12.8. The van der Waals surface area contributed by atoms with Crippen molar-refractivity contribution >= 4 is 33.9 Å². The molecule has 32 heavy (non-hydrogen) atoms. The van der Waals surface area contributed by atoms with Crippen LogP contribution in [0.1, 0.15) is 29.5 Å². The maximum Gasteiger partial charge on any atom is 0.253 e. The summed E-state index contributed by atoms with van der Waals surface area (Å²) < 4.78 is 11.2. The molecule has 168 valence electrons. The summed E-state index contributed by atoms with van der Waals surface area (Å²) in [5.41, 5.74) is 4.60. The summed E-state index contributed by atoms with van der Waals surface area (Å²) in [5.74, 6) is 0.749. The molecule has 2 N–H and O–H groups in total. The summed E-state index contributed by atoms with van der Waals surface area (Å²) in [5, 5.41) is 4.88. The number of thiocarbonyl (C=S) groups is 1. The number of aryl methyl sites for hydroxylation is 2. The van der Waals surface area contributed by atoms with E-state index in [1.165, 1.54) is 5.56 Å². The zero-order chi connectivity index (χ0) is 22.7. The SMILES string of the molecule is COc1ccc2[nH]c(=O)c(CN(C[C@H]3CCCO3)C(=S)Nc3ccc(C)cc3C)cc2c1. The van der Waals surface area contributed by atoms with Gasteiger partial charge in [0.2, 0.25) is 0 Å². The third-order valence-electron chi connectivity index (χ3n) is 5.85. The molecule has 1 aliphatic heterocycles. The molecule has 0 radical (unpaired) electrons. The van der Waals surface area contributed by atoms with E-state index in [1.54, 1.807) is 7.11 Å². The average molecular weight is 452 g/mol. The molecule has 2 aromatic carbocycles. The molecular weight excluding hydrogens is 422 g/mol. The van der Waals surface area contributed by atoms with Crippen LogP contribution in [0.15, 0.2) is 47.3 Å². The predicted octanol–water partition coefficient (Wildman–Crippen LogP) is 4.53. The molecule has 1 fully saturated rings. The number of pyridine rings is 1. The molecule has 2 heterocycles. The Balaban J connectivity index is 1.61. The lowest BCUT2D eigenvalue weighted by Crippen LogP contribution is -2.40. The second-order valence-corrected chi connectivity index (χ2v) is 8.73. The van der Waals surface area contributed by atoms with Gasteiger partial charge in [0.1, 0.15) is 5.75 Å². The first kappa shape index (κ1) is 22.3. The minimum absolute atomic E-state index is 0.105. The van der Waals surface area contributed by atoms with E-state index in [9.17, 15) is 4.79 Å². The molecule has 3 aromatic rings. The Labute approximate surface area is 193 Å². The molecule has 4 rings (SSSR count). The third-order valence-corrected chi connectivity index (χ3v) is 6.21. The highest BCUT2D eigenvalue weighted by Gasteiger charge is 2.22. The highest BCUT2D eigenvalue weighted by molar-refractivity contribution is 7.80. The Morgan fingerprint density at radius 1 is 1.25 bits per heavy atom. The van der Waals surface area contributed by atoms with Gasteiger partial charge in [0, 0.05) is 35.3 Å². The van der Waals surface area contributed by atoms with E-state index in [0.717, 1.165) is 47.4 Å². The number of ether oxygens (including phenoxy) is 2. The van der Waals surface area contributed by atoms with Crippen LogP contribution in [0.4, 0.5) is 5.69 Å². The lowest BCUT2D eigenvalue weighted by Gasteiger charge is -2.28. The fraction of sp³-hybridized carbons (Fsp3) is 0.360. The van der Waals surface area contributed by atoms with Gasteiger partial charge in [0.15, 0.2) is 5.11 Å².